The Bertz CT molecular complexity index is 1530. The van der Waals surface area contributed by atoms with E-state index in [1.165, 1.54) is 11.1 Å². The van der Waals surface area contributed by atoms with Gasteiger partial charge >= 0.3 is 0 Å². The number of halogens is 1. The van der Waals surface area contributed by atoms with Crippen molar-refractivity contribution >= 4 is 33.2 Å². The maximum atomic E-state index is 13.6. The zero-order chi connectivity index (χ0) is 31.1. The number of aliphatic hydroxyl groups is 1. The van der Waals surface area contributed by atoms with E-state index in [2.05, 4.69) is 21.8 Å². The second-order valence-electron chi connectivity index (χ2n) is 13.6. The topological polar surface area (TPSA) is 95.9 Å². The first-order chi connectivity index (χ1) is 21.1. The molecule has 1 fully saturated rings. The maximum Gasteiger partial charge on any atom is 0.264 e. The number of carbonyl (C=O) groups is 1. The number of carbonyl (C=O) groups excluding carboxylic acids is 1. The molecule has 1 amide bonds. The van der Waals surface area contributed by atoms with Gasteiger partial charge in [0.15, 0.2) is 0 Å². The van der Waals surface area contributed by atoms with Crippen molar-refractivity contribution in [2.75, 3.05) is 24.6 Å². The van der Waals surface area contributed by atoms with E-state index in [0.717, 1.165) is 55.7 Å². The number of hydrogen-bond acceptors (Lipinski definition) is 6. The molecule has 2 bridgehead atoms. The number of unbranched alkanes of at least 4 members (excludes halogenated alkanes) is 1. The lowest BCUT2D eigenvalue weighted by Crippen LogP contribution is -2.49. The molecule has 2 N–H and O–H groups in total. The molecular formula is C35H45ClN2O5S. The molecule has 2 aliphatic carbocycles. The fourth-order valence-electron chi connectivity index (χ4n) is 7.85. The van der Waals surface area contributed by atoms with Gasteiger partial charge in [-0.3, -0.25) is 4.79 Å². The summed E-state index contributed by atoms with van der Waals surface area (Å²) < 4.78 is 36.1. The fourth-order valence-corrected chi connectivity index (χ4v) is 9.62. The van der Waals surface area contributed by atoms with Crippen molar-refractivity contribution in [1.29, 1.82) is 0 Å². The van der Waals surface area contributed by atoms with Gasteiger partial charge in [0.05, 0.1) is 23.6 Å². The third-order valence-corrected chi connectivity index (χ3v) is 12.5. The molecule has 2 aromatic rings. The highest BCUT2D eigenvalue weighted by atomic mass is 35.5. The van der Waals surface area contributed by atoms with Crippen LogP contribution in [-0.2, 0) is 21.9 Å². The number of amides is 1. The molecule has 4 aliphatic rings. The van der Waals surface area contributed by atoms with Crippen LogP contribution >= 0.6 is 11.6 Å². The summed E-state index contributed by atoms with van der Waals surface area (Å²) >= 11 is 6.40. The van der Waals surface area contributed by atoms with E-state index in [9.17, 15) is 18.3 Å². The van der Waals surface area contributed by atoms with E-state index < -0.39 is 27.3 Å². The van der Waals surface area contributed by atoms with E-state index in [-0.39, 0.29) is 23.2 Å². The highest BCUT2D eigenvalue weighted by Gasteiger charge is 2.44. The Morgan fingerprint density at radius 1 is 1.16 bits per heavy atom. The Kier molecular flexibility index (Phi) is 9.06. The number of nitrogens with zero attached hydrogens (tertiary/aromatic N) is 1. The summed E-state index contributed by atoms with van der Waals surface area (Å²) in [6.45, 7) is 5.93. The van der Waals surface area contributed by atoms with Gasteiger partial charge in [0, 0.05) is 29.1 Å². The molecule has 6 atom stereocenters. The van der Waals surface area contributed by atoms with Gasteiger partial charge in [-0.15, -0.1) is 0 Å². The second-order valence-corrected chi connectivity index (χ2v) is 16.0. The van der Waals surface area contributed by atoms with Crippen LogP contribution in [0, 0.1) is 17.8 Å². The monoisotopic (exact) mass is 640 g/mol. The normalized spacial score (nSPS) is 32.3. The van der Waals surface area contributed by atoms with Crippen molar-refractivity contribution in [3.05, 3.63) is 70.3 Å². The van der Waals surface area contributed by atoms with E-state index in [1.807, 2.05) is 38.1 Å². The van der Waals surface area contributed by atoms with Crippen molar-refractivity contribution in [2.24, 2.45) is 17.8 Å². The van der Waals surface area contributed by atoms with Crippen LogP contribution in [0.25, 0.3) is 0 Å². The lowest BCUT2D eigenvalue weighted by Gasteiger charge is -2.45. The van der Waals surface area contributed by atoms with E-state index >= 15 is 0 Å². The summed E-state index contributed by atoms with van der Waals surface area (Å²) in [7, 11) is -3.93. The molecular weight excluding hydrogens is 596 g/mol. The summed E-state index contributed by atoms with van der Waals surface area (Å²) in [6, 6.07) is 11.5. The van der Waals surface area contributed by atoms with Gasteiger partial charge in [-0.05, 0) is 104 Å². The van der Waals surface area contributed by atoms with Gasteiger partial charge in [-0.2, -0.15) is 0 Å². The Balaban J connectivity index is 1.41. The summed E-state index contributed by atoms with van der Waals surface area (Å²) in [6.07, 6.45) is 10.7. The minimum atomic E-state index is -3.93. The predicted molar refractivity (Wildman–Crippen MR) is 175 cm³/mol. The summed E-state index contributed by atoms with van der Waals surface area (Å²) in [4.78, 5) is 15.9. The standard InChI is InChI=1S/C35H45ClN2O5S/c1-3-4-7-28-17-23(2)8-14-32(39)29-12-9-26(29)20-38-21-35(16-5-6-24-18-27(36)11-13-30(24)35)22-43-33-15-10-25(19-31(33)38)34(40)37-44(28,41)42/h8,10-11,13-15,18-19,23,26,28-29,32,39H,3-7,9,12,16-17,20-22H2,1-2H3,(H,37,40)/b14-8+/t23-,26-,28-,29+,32-,35-/m0/s1. The quantitative estimate of drug-likeness (QED) is 0.376. The van der Waals surface area contributed by atoms with Gasteiger partial charge in [-0.25, -0.2) is 13.1 Å². The third kappa shape index (κ3) is 6.27. The van der Waals surface area contributed by atoms with Crippen LogP contribution in [0.5, 0.6) is 5.75 Å². The van der Waals surface area contributed by atoms with Crippen LogP contribution < -0.4 is 14.4 Å². The van der Waals surface area contributed by atoms with Crippen molar-refractivity contribution in [2.45, 2.75) is 88.4 Å². The molecule has 0 radical (unpaired) electrons. The second kappa shape index (κ2) is 12.7. The lowest BCUT2D eigenvalue weighted by molar-refractivity contribution is 0.0454. The summed E-state index contributed by atoms with van der Waals surface area (Å²) in [5.41, 5.74) is 3.35. The molecule has 7 nitrogen and oxygen atoms in total. The number of nitrogens with one attached hydrogen (secondary N) is 1. The van der Waals surface area contributed by atoms with Crippen LogP contribution in [0.3, 0.4) is 0 Å². The molecule has 2 heterocycles. The molecule has 238 valence electrons. The Labute approximate surface area is 267 Å². The SMILES string of the molecule is CCCC[C@H]1C[C@@H](C)/C=C/[C@H](O)[C@@H]2CC[C@H]2CN2C[C@@]3(CCCc4cc(Cl)ccc43)COc3ccc(cc32)C(=O)NS1(=O)=O. The van der Waals surface area contributed by atoms with E-state index in [1.54, 1.807) is 12.1 Å². The Morgan fingerprint density at radius 3 is 2.77 bits per heavy atom. The molecule has 0 unspecified atom stereocenters. The molecule has 6 rings (SSSR count). The number of fused-ring (bicyclic) bond motifs is 4. The predicted octanol–water partition coefficient (Wildman–Crippen LogP) is 6.41. The number of anilines is 1. The van der Waals surface area contributed by atoms with Crippen LogP contribution in [0.2, 0.25) is 5.02 Å². The van der Waals surface area contributed by atoms with Crippen LogP contribution in [0.4, 0.5) is 5.69 Å². The van der Waals surface area contributed by atoms with Gasteiger partial charge < -0.3 is 14.7 Å². The first-order valence-corrected chi connectivity index (χ1v) is 18.2. The van der Waals surface area contributed by atoms with Crippen molar-refractivity contribution in [1.82, 2.24) is 4.72 Å². The number of ether oxygens (including phenoxy) is 1. The van der Waals surface area contributed by atoms with Crippen molar-refractivity contribution in [3.63, 3.8) is 0 Å². The number of benzene rings is 2. The van der Waals surface area contributed by atoms with Gasteiger partial charge in [-0.1, -0.05) is 56.5 Å². The maximum absolute atomic E-state index is 13.6. The number of aryl methyl sites for hydroxylation is 1. The minimum absolute atomic E-state index is 0.0574. The number of sulfonamides is 1. The molecule has 9 heteroatoms. The van der Waals surface area contributed by atoms with Crippen LogP contribution in [-0.4, -0.2) is 50.5 Å². The Morgan fingerprint density at radius 2 is 2.00 bits per heavy atom. The highest BCUT2D eigenvalue weighted by Crippen LogP contribution is 2.46. The van der Waals surface area contributed by atoms with Crippen LogP contribution in [0.1, 0.15) is 86.7 Å². The first kappa shape index (κ1) is 31.4. The van der Waals surface area contributed by atoms with Gasteiger partial charge in [0.2, 0.25) is 10.0 Å². The van der Waals surface area contributed by atoms with E-state index in [4.69, 9.17) is 16.3 Å². The third-order valence-electron chi connectivity index (χ3n) is 10.5. The molecule has 2 aliphatic heterocycles. The molecule has 44 heavy (non-hydrogen) atoms. The zero-order valence-corrected chi connectivity index (χ0v) is 27.4. The zero-order valence-electron chi connectivity index (χ0n) is 25.8. The average molecular weight is 641 g/mol. The van der Waals surface area contributed by atoms with Gasteiger partial charge in [0.25, 0.3) is 5.91 Å². The molecule has 0 aromatic heterocycles. The van der Waals surface area contributed by atoms with E-state index in [0.29, 0.717) is 43.9 Å². The van der Waals surface area contributed by atoms with Crippen LogP contribution in [0.15, 0.2) is 48.6 Å². The smallest absolute Gasteiger partial charge is 0.264 e. The average Bonchev–Trinajstić information content (AvgIpc) is 3.12. The number of allylic oxidation sites excluding steroid dienone is 1. The number of hydrogen-bond donors (Lipinski definition) is 2. The first-order valence-electron chi connectivity index (χ1n) is 16.3. The largest absolute Gasteiger partial charge is 0.490 e. The molecule has 0 saturated heterocycles. The van der Waals surface area contributed by atoms with Gasteiger partial charge in [0.1, 0.15) is 5.75 Å². The fraction of sp³-hybridized carbons (Fsp3) is 0.571. The number of rotatable bonds is 3. The van der Waals surface area contributed by atoms with Crippen molar-refractivity contribution in [3.8, 4) is 5.75 Å². The lowest BCUT2D eigenvalue weighted by atomic mass is 9.68. The highest BCUT2D eigenvalue weighted by molar-refractivity contribution is 7.90. The summed E-state index contributed by atoms with van der Waals surface area (Å²) in [5, 5.41) is 11.3. The molecule has 1 saturated carbocycles. The minimum Gasteiger partial charge on any atom is -0.490 e. The molecule has 1 spiro atoms. The Hall–Kier alpha value is -2.55. The number of aliphatic hydroxyl groups excluding tert-OH is 1. The molecule has 2 aromatic carbocycles. The van der Waals surface area contributed by atoms with Crippen molar-refractivity contribution < 1.29 is 23.1 Å². The summed E-state index contributed by atoms with van der Waals surface area (Å²) in [5.74, 6) is 0.424.